The maximum Gasteiger partial charge on any atom is 0.253 e. The van der Waals surface area contributed by atoms with Crippen LogP contribution < -0.4 is 10.1 Å². The molecule has 1 aliphatic carbocycles. The van der Waals surface area contributed by atoms with E-state index in [2.05, 4.69) is 15.5 Å². The molecule has 2 heterocycles. The Labute approximate surface area is 168 Å². The van der Waals surface area contributed by atoms with Crippen molar-refractivity contribution >= 4 is 5.91 Å². The zero-order valence-corrected chi connectivity index (χ0v) is 16.2. The van der Waals surface area contributed by atoms with E-state index in [0.29, 0.717) is 17.2 Å². The maximum absolute atomic E-state index is 12.3. The molecule has 4 rings (SSSR count). The average Bonchev–Trinajstić information content (AvgIpc) is 3.32. The molecule has 1 amide bonds. The summed E-state index contributed by atoms with van der Waals surface area (Å²) < 4.78 is 11.1. The number of aryl methyl sites for hydroxylation is 1. The Balaban J connectivity index is 1.40. The second kappa shape index (κ2) is 8.45. The average molecular weight is 393 g/mol. The van der Waals surface area contributed by atoms with Gasteiger partial charge in [0, 0.05) is 17.8 Å². The molecule has 0 radical (unpaired) electrons. The van der Waals surface area contributed by atoms with Crippen LogP contribution in [-0.2, 0) is 6.61 Å². The fourth-order valence-corrected chi connectivity index (χ4v) is 3.49. The number of aliphatic hydroxyl groups excluding tert-OH is 1. The summed E-state index contributed by atoms with van der Waals surface area (Å²) in [6, 6.07) is 12.9. The number of aromatic nitrogens is 2. The normalized spacial score (nSPS) is 18.6. The van der Waals surface area contributed by atoms with E-state index < -0.39 is 6.10 Å². The molecule has 2 aromatic heterocycles. The van der Waals surface area contributed by atoms with Gasteiger partial charge < -0.3 is 19.7 Å². The van der Waals surface area contributed by atoms with Crippen LogP contribution in [0.5, 0.6) is 5.88 Å². The van der Waals surface area contributed by atoms with E-state index in [4.69, 9.17) is 9.26 Å². The zero-order valence-electron chi connectivity index (χ0n) is 16.2. The lowest BCUT2D eigenvalue weighted by Crippen LogP contribution is -2.39. The number of hydrogen-bond acceptors (Lipinski definition) is 6. The van der Waals surface area contributed by atoms with Crippen LogP contribution in [0.15, 0.2) is 53.2 Å². The molecular formula is C22H23N3O4. The van der Waals surface area contributed by atoms with Crippen molar-refractivity contribution in [3.8, 4) is 17.1 Å². The third-order valence-corrected chi connectivity index (χ3v) is 5.19. The summed E-state index contributed by atoms with van der Waals surface area (Å²) in [6.45, 7) is 2.10. The van der Waals surface area contributed by atoms with Gasteiger partial charge in [0.2, 0.25) is 5.88 Å². The number of ether oxygens (including phenoxy) is 1. The van der Waals surface area contributed by atoms with E-state index in [1.54, 1.807) is 12.1 Å². The first-order valence-corrected chi connectivity index (χ1v) is 9.70. The summed E-state index contributed by atoms with van der Waals surface area (Å²) in [5.74, 6) is 0.855. The first-order valence-electron chi connectivity index (χ1n) is 9.70. The lowest BCUT2D eigenvalue weighted by atomic mass is 10.1. The molecule has 1 saturated carbocycles. The van der Waals surface area contributed by atoms with Crippen molar-refractivity contribution in [1.29, 1.82) is 0 Å². The molecule has 29 heavy (non-hydrogen) atoms. The van der Waals surface area contributed by atoms with Crippen molar-refractivity contribution in [3.63, 3.8) is 0 Å². The van der Waals surface area contributed by atoms with Crippen molar-refractivity contribution in [3.05, 3.63) is 65.5 Å². The molecule has 7 nitrogen and oxygen atoms in total. The Morgan fingerprint density at radius 3 is 2.76 bits per heavy atom. The SMILES string of the molecule is Cc1onc(-c2ccccc2)c1COc1ccc(C(=O)N[C@@H]2CCC[C@@H]2O)cn1. The van der Waals surface area contributed by atoms with Gasteiger partial charge in [-0.25, -0.2) is 4.98 Å². The predicted octanol–water partition coefficient (Wildman–Crippen LogP) is 3.27. The number of nitrogens with zero attached hydrogens (tertiary/aromatic N) is 2. The first-order chi connectivity index (χ1) is 14.1. The Bertz CT molecular complexity index is 969. The van der Waals surface area contributed by atoms with Crippen molar-refractivity contribution in [2.75, 3.05) is 0 Å². The summed E-state index contributed by atoms with van der Waals surface area (Å²) in [7, 11) is 0. The third-order valence-electron chi connectivity index (χ3n) is 5.19. The third kappa shape index (κ3) is 4.30. The molecule has 1 aromatic carbocycles. The van der Waals surface area contributed by atoms with Gasteiger partial charge in [0.1, 0.15) is 18.1 Å². The van der Waals surface area contributed by atoms with Crippen molar-refractivity contribution < 1.29 is 19.2 Å². The molecule has 0 spiro atoms. The molecule has 2 N–H and O–H groups in total. The summed E-state index contributed by atoms with van der Waals surface area (Å²) in [6.07, 6.45) is 3.45. The van der Waals surface area contributed by atoms with Gasteiger partial charge in [-0.3, -0.25) is 4.79 Å². The van der Waals surface area contributed by atoms with E-state index >= 15 is 0 Å². The highest BCUT2D eigenvalue weighted by Gasteiger charge is 2.26. The van der Waals surface area contributed by atoms with Crippen LogP contribution >= 0.6 is 0 Å². The molecule has 0 aliphatic heterocycles. The number of amides is 1. The smallest absolute Gasteiger partial charge is 0.253 e. The molecule has 1 fully saturated rings. The van der Waals surface area contributed by atoms with E-state index in [0.717, 1.165) is 36.1 Å². The number of rotatable bonds is 6. The van der Waals surface area contributed by atoms with Crippen molar-refractivity contribution in [2.24, 2.45) is 0 Å². The van der Waals surface area contributed by atoms with Crippen LogP contribution in [0.3, 0.4) is 0 Å². The second-order valence-electron chi connectivity index (χ2n) is 7.18. The van der Waals surface area contributed by atoms with Crippen LogP contribution in [0.25, 0.3) is 11.3 Å². The Kier molecular flexibility index (Phi) is 5.57. The maximum atomic E-state index is 12.3. The summed E-state index contributed by atoms with van der Waals surface area (Å²) in [4.78, 5) is 16.6. The summed E-state index contributed by atoms with van der Waals surface area (Å²) in [5.41, 5.74) is 2.99. The molecule has 150 valence electrons. The monoisotopic (exact) mass is 393 g/mol. The number of hydrogen-bond donors (Lipinski definition) is 2. The van der Waals surface area contributed by atoms with Gasteiger partial charge in [-0.2, -0.15) is 0 Å². The second-order valence-corrected chi connectivity index (χ2v) is 7.18. The van der Waals surface area contributed by atoms with E-state index in [1.807, 2.05) is 37.3 Å². The quantitative estimate of drug-likeness (QED) is 0.667. The molecule has 2 atom stereocenters. The highest BCUT2D eigenvalue weighted by atomic mass is 16.5. The van der Waals surface area contributed by atoms with Crippen LogP contribution in [0.1, 0.15) is 40.9 Å². The fraction of sp³-hybridized carbons (Fsp3) is 0.318. The van der Waals surface area contributed by atoms with Crippen LogP contribution in [0.2, 0.25) is 0 Å². The molecule has 0 bridgehead atoms. The zero-order chi connectivity index (χ0) is 20.2. The van der Waals surface area contributed by atoms with Gasteiger partial charge in [-0.05, 0) is 32.3 Å². The Hall–Kier alpha value is -3.19. The van der Waals surface area contributed by atoms with E-state index in [-0.39, 0.29) is 18.6 Å². The Morgan fingerprint density at radius 2 is 2.07 bits per heavy atom. The summed E-state index contributed by atoms with van der Waals surface area (Å²) >= 11 is 0. The highest BCUT2D eigenvalue weighted by molar-refractivity contribution is 5.94. The number of aliphatic hydroxyl groups is 1. The van der Waals surface area contributed by atoms with Gasteiger partial charge in [-0.1, -0.05) is 35.5 Å². The standard InChI is InChI=1S/C22H23N3O4/c1-14-17(21(25-29-14)15-6-3-2-4-7-15)13-28-20-11-10-16(12-23-20)22(27)24-18-8-5-9-19(18)26/h2-4,6-7,10-12,18-19,26H,5,8-9,13H2,1H3,(H,24,27)/t18-,19+/m1/s1. The van der Waals surface area contributed by atoms with Crippen molar-refractivity contribution in [1.82, 2.24) is 15.5 Å². The number of benzene rings is 1. The summed E-state index contributed by atoms with van der Waals surface area (Å²) in [5, 5.41) is 16.9. The van der Waals surface area contributed by atoms with Gasteiger partial charge in [0.25, 0.3) is 5.91 Å². The number of nitrogens with one attached hydrogen (secondary N) is 1. The Morgan fingerprint density at radius 1 is 1.24 bits per heavy atom. The molecule has 1 aliphatic rings. The van der Waals surface area contributed by atoms with Gasteiger partial charge in [-0.15, -0.1) is 0 Å². The number of carbonyl (C=O) groups excluding carboxylic acids is 1. The minimum absolute atomic E-state index is 0.189. The molecule has 0 saturated heterocycles. The number of pyridine rings is 1. The van der Waals surface area contributed by atoms with Crippen LogP contribution in [0.4, 0.5) is 0 Å². The van der Waals surface area contributed by atoms with E-state index in [9.17, 15) is 9.90 Å². The fourth-order valence-electron chi connectivity index (χ4n) is 3.49. The van der Waals surface area contributed by atoms with Gasteiger partial charge in [0.15, 0.2) is 0 Å². The van der Waals surface area contributed by atoms with Crippen molar-refractivity contribution in [2.45, 2.75) is 44.9 Å². The van der Waals surface area contributed by atoms with Crippen LogP contribution in [-0.4, -0.2) is 33.3 Å². The molecule has 3 aromatic rings. The van der Waals surface area contributed by atoms with Crippen LogP contribution in [0, 0.1) is 6.92 Å². The minimum atomic E-state index is -0.472. The topological polar surface area (TPSA) is 97.5 Å². The molecule has 0 unspecified atom stereocenters. The lowest BCUT2D eigenvalue weighted by molar-refractivity contribution is 0.0873. The lowest BCUT2D eigenvalue weighted by Gasteiger charge is -2.16. The largest absolute Gasteiger partial charge is 0.473 e. The van der Waals surface area contributed by atoms with E-state index in [1.165, 1.54) is 6.20 Å². The van der Waals surface area contributed by atoms with Gasteiger partial charge >= 0.3 is 0 Å². The highest BCUT2D eigenvalue weighted by Crippen LogP contribution is 2.26. The minimum Gasteiger partial charge on any atom is -0.473 e. The number of carbonyl (C=O) groups is 1. The predicted molar refractivity (Wildman–Crippen MR) is 106 cm³/mol. The van der Waals surface area contributed by atoms with Gasteiger partial charge in [0.05, 0.1) is 23.3 Å². The molecular weight excluding hydrogens is 370 g/mol. The first kappa shape index (κ1) is 19.1. The molecule has 7 heteroatoms.